The van der Waals surface area contributed by atoms with E-state index in [9.17, 15) is 5.11 Å². The second kappa shape index (κ2) is 5.57. The van der Waals surface area contributed by atoms with Crippen molar-refractivity contribution in [1.29, 1.82) is 0 Å². The third-order valence-corrected chi connectivity index (χ3v) is 3.68. The Hall–Kier alpha value is -0.710. The van der Waals surface area contributed by atoms with Crippen LogP contribution in [-0.4, -0.2) is 10.1 Å². The van der Waals surface area contributed by atoms with Gasteiger partial charge in [-0.2, -0.15) is 0 Å². The summed E-state index contributed by atoms with van der Waals surface area (Å²) in [4.78, 5) is 4.20. The fraction of sp³-hybridized carbons (Fsp3) is 0.250. The van der Waals surface area contributed by atoms with E-state index in [1.165, 1.54) is 0 Å². The molecule has 0 saturated heterocycles. The summed E-state index contributed by atoms with van der Waals surface area (Å²) >= 11 is 5.03. The number of rotatable bonds is 4. The molecule has 1 unspecified atom stereocenters. The molecule has 1 N–H and O–H groups in total. The fourth-order valence-corrected chi connectivity index (χ4v) is 2.57. The molecule has 0 radical (unpaired) electrons. The number of thiazole rings is 1. The molecule has 1 aromatic carbocycles. The van der Waals surface area contributed by atoms with Gasteiger partial charge in [-0.25, -0.2) is 4.98 Å². The van der Waals surface area contributed by atoms with Crippen LogP contribution in [0, 0.1) is 0 Å². The molecule has 0 aliphatic carbocycles. The quantitative estimate of drug-likeness (QED) is 0.936. The van der Waals surface area contributed by atoms with E-state index in [-0.39, 0.29) is 0 Å². The van der Waals surface area contributed by atoms with E-state index in [0.29, 0.717) is 6.42 Å². The SMILES string of the molecule is OC(CCc1nccs1)c1cccc(Br)c1. The first kappa shape index (κ1) is 11.8. The van der Waals surface area contributed by atoms with Crippen molar-refractivity contribution in [3.8, 4) is 0 Å². The summed E-state index contributed by atoms with van der Waals surface area (Å²) in [5, 5.41) is 13.0. The van der Waals surface area contributed by atoms with Crippen LogP contribution in [0.25, 0.3) is 0 Å². The van der Waals surface area contributed by atoms with Gasteiger partial charge in [0.05, 0.1) is 11.1 Å². The first-order chi connectivity index (χ1) is 7.75. The highest BCUT2D eigenvalue weighted by molar-refractivity contribution is 9.10. The summed E-state index contributed by atoms with van der Waals surface area (Å²) < 4.78 is 0.998. The smallest absolute Gasteiger partial charge is 0.0925 e. The second-order valence-corrected chi connectivity index (χ2v) is 5.43. The minimum Gasteiger partial charge on any atom is -0.388 e. The summed E-state index contributed by atoms with van der Waals surface area (Å²) in [6, 6.07) is 7.78. The van der Waals surface area contributed by atoms with Gasteiger partial charge in [0, 0.05) is 22.5 Å². The summed E-state index contributed by atoms with van der Waals surface area (Å²) in [5.74, 6) is 0. The van der Waals surface area contributed by atoms with E-state index in [2.05, 4.69) is 20.9 Å². The molecule has 1 heterocycles. The van der Waals surface area contributed by atoms with Gasteiger partial charge in [0.25, 0.3) is 0 Å². The Morgan fingerprint density at radius 3 is 3.00 bits per heavy atom. The minimum absolute atomic E-state index is 0.415. The molecule has 84 valence electrons. The van der Waals surface area contributed by atoms with Gasteiger partial charge in [-0.05, 0) is 24.1 Å². The molecule has 1 aromatic heterocycles. The predicted molar refractivity (Wildman–Crippen MR) is 69.5 cm³/mol. The van der Waals surface area contributed by atoms with Crippen molar-refractivity contribution in [2.75, 3.05) is 0 Å². The first-order valence-electron chi connectivity index (χ1n) is 5.07. The zero-order valence-corrected chi connectivity index (χ0v) is 11.0. The van der Waals surface area contributed by atoms with Crippen molar-refractivity contribution in [3.05, 3.63) is 50.9 Å². The average molecular weight is 298 g/mol. The van der Waals surface area contributed by atoms with E-state index in [4.69, 9.17) is 0 Å². The lowest BCUT2D eigenvalue weighted by Gasteiger charge is -2.10. The maximum atomic E-state index is 10.00. The van der Waals surface area contributed by atoms with Gasteiger partial charge in [-0.3, -0.25) is 0 Å². The van der Waals surface area contributed by atoms with Crippen LogP contribution in [-0.2, 0) is 6.42 Å². The monoisotopic (exact) mass is 297 g/mol. The van der Waals surface area contributed by atoms with Gasteiger partial charge in [0.15, 0.2) is 0 Å². The maximum absolute atomic E-state index is 10.00. The molecule has 0 saturated carbocycles. The van der Waals surface area contributed by atoms with E-state index in [1.54, 1.807) is 17.5 Å². The summed E-state index contributed by atoms with van der Waals surface area (Å²) in [6.07, 6.45) is 2.92. The van der Waals surface area contributed by atoms with E-state index in [1.807, 2.05) is 29.6 Å². The van der Waals surface area contributed by atoms with Gasteiger partial charge < -0.3 is 5.11 Å². The Morgan fingerprint density at radius 1 is 1.44 bits per heavy atom. The molecule has 1 atom stereocenters. The number of aliphatic hydroxyl groups is 1. The van der Waals surface area contributed by atoms with Crippen LogP contribution in [0.15, 0.2) is 40.3 Å². The molecule has 0 aliphatic heterocycles. The highest BCUT2D eigenvalue weighted by atomic mass is 79.9. The number of aryl methyl sites for hydroxylation is 1. The van der Waals surface area contributed by atoms with Gasteiger partial charge in [0.2, 0.25) is 0 Å². The lowest BCUT2D eigenvalue weighted by Crippen LogP contribution is -1.99. The Labute approximate surface area is 107 Å². The average Bonchev–Trinajstić information content (AvgIpc) is 2.78. The third kappa shape index (κ3) is 3.14. The number of hydrogen-bond acceptors (Lipinski definition) is 3. The van der Waals surface area contributed by atoms with Crippen molar-refractivity contribution in [2.45, 2.75) is 18.9 Å². The van der Waals surface area contributed by atoms with Crippen LogP contribution in [0.5, 0.6) is 0 Å². The highest BCUT2D eigenvalue weighted by Gasteiger charge is 2.08. The topological polar surface area (TPSA) is 33.1 Å². The van der Waals surface area contributed by atoms with Gasteiger partial charge >= 0.3 is 0 Å². The van der Waals surface area contributed by atoms with Crippen molar-refractivity contribution in [2.24, 2.45) is 0 Å². The minimum atomic E-state index is -0.415. The molecule has 2 nitrogen and oxygen atoms in total. The van der Waals surface area contributed by atoms with Crippen LogP contribution in [0.2, 0.25) is 0 Å². The molecular formula is C12H12BrNOS. The van der Waals surface area contributed by atoms with Crippen LogP contribution in [0.3, 0.4) is 0 Å². The first-order valence-corrected chi connectivity index (χ1v) is 6.75. The molecule has 0 fully saturated rings. The molecule has 2 rings (SSSR count). The largest absolute Gasteiger partial charge is 0.388 e. The molecule has 0 bridgehead atoms. The van der Waals surface area contributed by atoms with Gasteiger partial charge in [-0.1, -0.05) is 28.1 Å². The standard InChI is InChI=1S/C12H12BrNOS/c13-10-3-1-2-9(8-10)11(15)4-5-12-14-6-7-16-12/h1-3,6-8,11,15H,4-5H2. The normalized spacial score (nSPS) is 12.6. The van der Waals surface area contributed by atoms with Gasteiger partial charge in [0.1, 0.15) is 0 Å². The number of nitrogens with zero attached hydrogens (tertiary/aromatic N) is 1. The molecule has 16 heavy (non-hydrogen) atoms. The Morgan fingerprint density at radius 2 is 2.31 bits per heavy atom. The molecular weight excluding hydrogens is 286 g/mol. The Kier molecular flexibility index (Phi) is 4.09. The molecule has 0 amide bonds. The van der Waals surface area contributed by atoms with Crippen LogP contribution in [0.4, 0.5) is 0 Å². The molecule has 4 heteroatoms. The second-order valence-electron chi connectivity index (χ2n) is 3.54. The number of aromatic nitrogens is 1. The number of hydrogen-bond donors (Lipinski definition) is 1. The lowest BCUT2D eigenvalue weighted by atomic mass is 10.1. The summed E-state index contributed by atoms with van der Waals surface area (Å²) in [6.45, 7) is 0. The van der Waals surface area contributed by atoms with E-state index < -0.39 is 6.10 Å². The molecule has 2 aromatic rings. The van der Waals surface area contributed by atoms with E-state index in [0.717, 1.165) is 21.5 Å². The van der Waals surface area contributed by atoms with Crippen LogP contribution < -0.4 is 0 Å². The van der Waals surface area contributed by atoms with Crippen molar-refractivity contribution in [1.82, 2.24) is 4.98 Å². The number of benzene rings is 1. The third-order valence-electron chi connectivity index (χ3n) is 2.35. The fourth-order valence-electron chi connectivity index (χ4n) is 1.52. The maximum Gasteiger partial charge on any atom is 0.0925 e. The van der Waals surface area contributed by atoms with Crippen molar-refractivity contribution >= 4 is 27.3 Å². The molecule has 0 spiro atoms. The lowest BCUT2D eigenvalue weighted by molar-refractivity contribution is 0.168. The predicted octanol–water partition coefficient (Wildman–Crippen LogP) is 3.57. The molecule has 0 aliphatic rings. The Balaban J connectivity index is 1.95. The van der Waals surface area contributed by atoms with Gasteiger partial charge in [-0.15, -0.1) is 11.3 Å². The number of aliphatic hydroxyl groups excluding tert-OH is 1. The van der Waals surface area contributed by atoms with Crippen LogP contribution >= 0.6 is 27.3 Å². The van der Waals surface area contributed by atoms with Crippen LogP contribution in [0.1, 0.15) is 23.1 Å². The zero-order chi connectivity index (χ0) is 11.4. The van der Waals surface area contributed by atoms with Crippen molar-refractivity contribution < 1.29 is 5.11 Å². The van der Waals surface area contributed by atoms with Crippen molar-refractivity contribution in [3.63, 3.8) is 0 Å². The zero-order valence-electron chi connectivity index (χ0n) is 8.64. The summed E-state index contributed by atoms with van der Waals surface area (Å²) in [5.41, 5.74) is 0.950. The van der Waals surface area contributed by atoms with E-state index >= 15 is 0 Å². The summed E-state index contributed by atoms with van der Waals surface area (Å²) in [7, 11) is 0. The highest BCUT2D eigenvalue weighted by Crippen LogP contribution is 2.22. The number of halogens is 1. The Bertz CT molecular complexity index is 444.